The number of nitrogens with zero attached hydrogens (tertiary/aromatic N) is 3. The van der Waals surface area contributed by atoms with Gasteiger partial charge in [0.1, 0.15) is 0 Å². The van der Waals surface area contributed by atoms with Crippen LogP contribution in [0.15, 0.2) is 50.5 Å². The van der Waals surface area contributed by atoms with Crippen LogP contribution in [0.3, 0.4) is 0 Å². The number of sulfonamides is 1. The summed E-state index contributed by atoms with van der Waals surface area (Å²) in [4.78, 5) is 4.85. The van der Waals surface area contributed by atoms with Gasteiger partial charge in [-0.2, -0.15) is 20.6 Å². The summed E-state index contributed by atoms with van der Waals surface area (Å²) in [6.45, 7) is 3.15. The lowest BCUT2D eigenvalue weighted by Crippen LogP contribution is -2.40. The fourth-order valence-electron chi connectivity index (χ4n) is 3.77. The normalized spacial score (nSPS) is 18.2. The largest absolute Gasteiger partial charge is 0.339 e. The first kappa shape index (κ1) is 20.3. The Balaban J connectivity index is 1.43. The van der Waals surface area contributed by atoms with Crippen molar-refractivity contribution in [2.24, 2.45) is 5.92 Å². The molecule has 1 unspecified atom stereocenters. The minimum atomic E-state index is -3.48. The van der Waals surface area contributed by atoms with E-state index in [-0.39, 0.29) is 5.92 Å². The molecule has 0 amide bonds. The van der Waals surface area contributed by atoms with Crippen LogP contribution < -0.4 is 0 Å². The van der Waals surface area contributed by atoms with Crippen LogP contribution in [-0.2, 0) is 22.9 Å². The van der Waals surface area contributed by atoms with Gasteiger partial charge in [-0.3, -0.25) is 0 Å². The van der Waals surface area contributed by atoms with E-state index < -0.39 is 10.0 Å². The molecule has 29 heavy (non-hydrogen) atoms. The first-order chi connectivity index (χ1) is 14.1. The molecular formula is C21H25N3O3S2. The number of aromatic nitrogens is 2. The average molecular weight is 432 g/mol. The second-order valence-corrected chi connectivity index (χ2v) is 10.2. The maximum Gasteiger partial charge on any atom is 0.243 e. The van der Waals surface area contributed by atoms with Gasteiger partial charge in [0.15, 0.2) is 0 Å². The number of hydrogen-bond donors (Lipinski definition) is 0. The van der Waals surface area contributed by atoms with Crippen LogP contribution in [0, 0.1) is 5.92 Å². The lowest BCUT2D eigenvalue weighted by molar-refractivity contribution is 0.247. The van der Waals surface area contributed by atoms with Crippen molar-refractivity contribution in [3.05, 3.63) is 52.5 Å². The molecule has 1 aromatic carbocycles. The van der Waals surface area contributed by atoms with Gasteiger partial charge in [0, 0.05) is 30.5 Å². The Bertz CT molecular complexity index is 1030. The molecular weight excluding hydrogens is 406 g/mol. The molecule has 0 spiro atoms. The van der Waals surface area contributed by atoms with Crippen molar-refractivity contribution in [3.8, 4) is 11.4 Å². The SMILES string of the molecule is CCCc1ccc(S(=O)(=O)N2CCCC(Cc3nc(-c4ccsc4)no3)C2)cc1. The van der Waals surface area contributed by atoms with E-state index in [1.807, 2.05) is 29.0 Å². The van der Waals surface area contributed by atoms with Gasteiger partial charge < -0.3 is 4.52 Å². The molecule has 1 fully saturated rings. The van der Waals surface area contributed by atoms with Crippen LogP contribution in [0.2, 0.25) is 0 Å². The number of aryl methyl sites for hydroxylation is 1. The maximum atomic E-state index is 13.1. The van der Waals surface area contributed by atoms with E-state index in [4.69, 9.17) is 4.52 Å². The van der Waals surface area contributed by atoms with Gasteiger partial charge in [0.05, 0.1) is 4.90 Å². The summed E-state index contributed by atoms with van der Waals surface area (Å²) in [5, 5.41) is 8.01. The summed E-state index contributed by atoms with van der Waals surface area (Å²) in [5.41, 5.74) is 2.12. The molecule has 4 rings (SSSR count). The molecule has 0 bridgehead atoms. The topological polar surface area (TPSA) is 76.3 Å². The van der Waals surface area contributed by atoms with Gasteiger partial charge in [-0.15, -0.1) is 0 Å². The van der Waals surface area contributed by atoms with E-state index in [0.717, 1.165) is 31.2 Å². The Morgan fingerprint density at radius 3 is 2.79 bits per heavy atom. The lowest BCUT2D eigenvalue weighted by atomic mass is 9.96. The van der Waals surface area contributed by atoms with E-state index in [9.17, 15) is 8.42 Å². The van der Waals surface area contributed by atoms with Gasteiger partial charge in [-0.05, 0) is 54.3 Å². The second-order valence-electron chi connectivity index (χ2n) is 7.49. The Morgan fingerprint density at radius 1 is 1.24 bits per heavy atom. The summed E-state index contributed by atoms with van der Waals surface area (Å²) >= 11 is 1.59. The quantitative estimate of drug-likeness (QED) is 0.554. The van der Waals surface area contributed by atoms with Crippen molar-refractivity contribution in [1.29, 1.82) is 0 Å². The highest BCUT2D eigenvalue weighted by atomic mass is 32.2. The summed E-state index contributed by atoms with van der Waals surface area (Å²) in [5.74, 6) is 1.33. The zero-order chi connectivity index (χ0) is 20.3. The molecule has 2 aromatic heterocycles. The van der Waals surface area contributed by atoms with Crippen molar-refractivity contribution in [2.45, 2.75) is 43.9 Å². The molecule has 6 nitrogen and oxygen atoms in total. The molecule has 1 atom stereocenters. The van der Waals surface area contributed by atoms with Crippen LogP contribution in [0.5, 0.6) is 0 Å². The fraction of sp³-hybridized carbons (Fsp3) is 0.429. The van der Waals surface area contributed by atoms with Gasteiger partial charge >= 0.3 is 0 Å². The van der Waals surface area contributed by atoms with Gasteiger partial charge in [-0.25, -0.2) is 8.42 Å². The summed E-state index contributed by atoms with van der Waals surface area (Å²) in [6.07, 6.45) is 4.40. The van der Waals surface area contributed by atoms with Crippen LogP contribution >= 0.6 is 11.3 Å². The van der Waals surface area contributed by atoms with Crippen molar-refractivity contribution in [2.75, 3.05) is 13.1 Å². The van der Waals surface area contributed by atoms with Crippen molar-refractivity contribution >= 4 is 21.4 Å². The minimum Gasteiger partial charge on any atom is -0.339 e. The Kier molecular flexibility index (Phi) is 6.12. The standard InChI is InChI=1S/C21H25N3O3S2/c1-2-4-16-6-8-19(9-7-16)29(25,26)24-11-3-5-17(14-24)13-20-22-21(23-27-20)18-10-12-28-15-18/h6-10,12,15,17H,2-5,11,13-14H2,1H3. The van der Waals surface area contributed by atoms with Crippen LogP contribution in [0.4, 0.5) is 0 Å². The Hall–Kier alpha value is -2.03. The highest BCUT2D eigenvalue weighted by Gasteiger charge is 2.31. The zero-order valence-electron chi connectivity index (χ0n) is 16.5. The number of benzene rings is 1. The Labute approximate surface area is 175 Å². The summed E-state index contributed by atoms with van der Waals surface area (Å²) in [7, 11) is -3.48. The monoisotopic (exact) mass is 431 g/mol. The highest BCUT2D eigenvalue weighted by Crippen LogP contribution is 2.27. The number of piperidine rings is 1. The minimum absolute atomic E-state index is 0.175. The van der Waals surface area contributed by atoms with Crippen LogP contribution in [-0.4, -0.2) is 36.0 Å². The first-order valence-corrected chi connectivity index (χ1v) is 12.4. The average Bonchev–Trinajstić information content (AvgIpc) is 3.41. The lowest BCUT2D eigenvalue weighted by Gasteiger charge is -2.31. The van der Waals surface area contributed by atoms with Gasteiger partial charge in [0.2, 0.25) is 21.7 Å². The van der Waals surface area contributed by atoms with E-state index in [1.54, 1.807) is 27.8 Å². The van der Waals surface area contributed by atoms with Crippen molar-refractivity contribution < 1.29 is 12.9 Å². The molecule has 0 radical (unpaired) electrons. The molecule has 0 N–H and O–H groups in total. The van der Waals surface area contributed by atoms with E-state index in [2.05, 4.69) is 17.1 Å². The molecule has 0 aliphatic carbocycles. The predicted molar refractivity (Wildman–Crippen MR) is 113 cm³/mol. The summed E-state index contributed by atoms with van der Waals surface area (Å²) < 4.78 is 33.2. The second kappa shape index (κ2) is 8.77. The highest BCUT2D eigenvalue weighted by molar-refractivity contribution is 7.89. The fourth-order valence-corrected chi connectivity index (χ4v) is 5.96. The first-order valence-electron chi connectivity index (χ1n) is 10.0. The van der Waals surface area contributed by atoms with E-state index >= 15 is 0 Å². The van der Waals surface area contributed by atoms with Crippen molar-refractivity contribution in [3.63, 3.8) is 0 Å². The molecule has 8 heteroatoms. The Morgan fingerprint density at radius 2 is 2.07 bits per heavy atom. The molecule has 3 aromatic rings. The predicted octanol–water partition coefficient (Wildman–Crippen LogP) is 4.39. The van der Waals surface area contributed by atoms with Gasteiger partial charge in [-0.1, -0.05) is 30.6 Å². The molecule has 154 valence electrons. The number of hydrogen-bond acceptors (Lipinski definition) is 6. The third kappa shape index (κ3) is 4.60. The molecule has 1 aliphatic rings. The third-order valence-electron chi connectivity index (χ3n) is 5.29. The van der Waals surface area contributed by atoms with Gasteiger partial charge in [0.25, 0.3) is 0 Å². The number of rotatable bonds is 7. The maximum absolute atomic E-state index is 13.1. The van der Waals surface area contributed by atoms with Crippen LogP contribution in [0.1, 0.15) is 37.6 Å². The smallest absolute Gasteiger partial charge is 0.243 e. The molecule has 3 heterocycles. The van der Waals surface area contributed by atoms with E-state index in [1.165, 1.54) is 5.56 Å². The third-order valence-corrected chi connectivity index (χ3v) is 7.85. The number of thiophene rings is 1. The van der Waals surface area contributed by atoms with Crippen LogP contribution in [0.25, 0.3) is 11.4 Å². The van der Waals surface area contributed by atoms with E-state index in [0.29, 0.717) is 36.1 Å². The molecule has 1 saturated heterocycles. The van der Waals surface area contributed by atoms with Crippen molar-refractivity contribution in [1.82, 2.24) is 14.4 Å². The molecule has 1 aliphatic heterocycles. The zero-order valence-corrected chi connectivity index (χ0v) is 18.1. The molecule has 0 saturated carbocycles. The summed E-state index contributed by atoms with van der Waals surface area (Å²) in [6, 6.07) is 9.26.